The number of nitrogens with one attached hydrogen (secondary N) is 2. The van der Waals surface area contributed by atoms with Gasteiger partial charge in [0.1, 0.15) is 5.82 Å². The van der Waals surface area contributed by atoms with Crippen LogP contribution in [0.3, 0.4) is 0 Å². The summed E-state index contributed by atoms with van der Waals surface area (Å²) in [6.45, 7) is 11.9. The van der Waals surface area contributed by atoms with E-state index in [4.69, 9.17) is 0 Å². The minimum Gasteiger partial charge on any atom is -0.357 e. The SMILES string of the molecule is CCNC(=NCCCn1c(C)nc2ccccc21)NCCN(C)CC. The lowest BCUT2D eigenvalue weighted by atomic mass is 10.3. The van der Waals surface area contributed by atoms with Gasteiger partial charge < -0.3 is 20.1 Å². The van der Waals surface area contributed by atoms with Crippen LogP contribution in [0.5, 0.6) is 0 Å². The monoisotopic (exact) mass is 344 g/mol. The molecule has 138 valence electrons. The van der Waals surface area contributed by atoms with Crippen molar-refractivity contribution in [2.45, 2.75) is 33.7 Å². The molecular weight excluding hydrogens is 312 g/mol. The summed E-state index contributed by atoms with van der Waals surface area (Å²) in [5.74, 6) is 1.97. The number of aromatic nitrogens is 2. The first-order valence-electron chi connectivity index (χ1n) is 9.28. The summed E-state index contributed by atoms with van der Waals surface area (Å²) in [4.78, 5) is 11.6. The van der Waals surface area contributed by atoms with E-state index in [-0.39, 0.29) is 0 Å². The zero-order valence-electron chi connectivity index (χ0n) is 16.0. The van der Waals surface area contributed by atoms with E-state index in [1.165, 1.54) is 5.52 Å². The Bertz CT molecular complexity index is 676. The average molecular weight is 345 g/mol. The lowest BCUT2D eigenvalue weighted by Crippen LogP contribution is -2.41. The summed E-state index contributed by atoms with van der Waals surface area (Å²) in [5, 5.41) is 6.71. The van der Waals surface area contributed by atoms with Crippen LogP contribution in [0.2, 0.25) is 0 Å². The fraction of sp³-hybridized carbons (Fsp3) is 0.579. The first-order valence-corrected chi connectivity index (χ1v) is 9.28. The molecule has 25 heavy (non-hydrogen) atoms. The number of para-hydroxylation sites is 2. The van der Waals surface area contributed by atoms with Gasteiger partial charge in [-0.1, -0.05) is 19.1 Å². The highest BCUT2D eigenvalue weighted by Gasteiger charge is 2.06. The number of hydrogen-bond donors (Lipinski definition) is 2. The van der Waals surface area contributed by atoms with Crippen LogP contribution >= 0.6 is 0 Å². The number of aryl methyl sites for hydroxylation is 2. The van der Waals surface area contributed by atoms with Crippen molar-refractivity contribution in [1.82, 2.24) is 25.1 Å². The number of benzene rings is 1. The molecule has 6 nitrogen and oxygen atoms in total. The average Bonchev–Trinajstić information content (AvgIpc) is 2.93. The summed E-state index contributed by atoms with van der Waals surface area (Å²) in [7, 11) is 2.13. The minimum absolute atomic E-state index is 0.797. The van der Waals surface area contributed by atoms with Gasteiger partial charge in [0, 0.05) is 32.7 Å². The van der Waals surface area contributed by atoms with Crippen LogP contribution in [0, 0.1) is 6.92 Å². The number of nitrogens with zero attached hydrogens (tertiary/aromatic N) is 4. The quantitative estimate of drug-likeness (QED) is 0.416. The van der Waals surface area contributed by atoms with Crippen molar-refractivity contribution in [3.8, 4) is 0 Å². The van der Waals surface area contributed by atoms with E-state index >= 15 is 0 Å². The standard InChI is InChI=1S/C19H32N6/c1-5-20-19(22-13-15-24(4)6-2)21-12-9-14-25-16(3)23-17-10-7-8-11-18(17)25/h7-8,10-11H,5-6,9,12-15H2,1-4H3,(H2,20,21,22). The maximum absolute atomic E-state index is 4.69. The molecule has 1 aromatic carbocycles. The number of likely N-dealkylation sites (N-methyl/N-ethyl adjacent to an activating group) is 1. The Hall–Kier alpha value is -2.08. The van der Waals surface area contributed by atoms with Crippen LogP contribution in [0.15, 0.2) is 29.3 Å². The summed E-state index contributed by atoms with van der Waals surface area (Å²) in [6, 6.07) is 8.30. The third kappa shape index (κ3) is 5.74. The Labute approximate surface area is 151 Å². The first kappa shape index (κ1) is 19.2. The second-order valence-corrected chi connectivity index (χ2v) is 6.24. The van der Waals surface area contributed by atoms with Gasteiger partial charge in [-0.05, 0) is 46.0 Å². The van der Waals surface area contributed by atoms with Gasteiger partial charge in [0.2, 0.25) is 0 Å². The van der Waals surface area contributed by atoms with Gasteiger partial charge in [-0.15, -0.1) is 0 Å². The van der Waals surface area contributed by atoms with E-state index in [0.29, 0.717) is 0 Å². The number of aliphatic imine (C=N–C) groups is 1. The molecule has 6 heteroatoms. The molecule has 0 aliphatic carbocycles. The molecule has 0 aliphatic rings. The van der Waals surface area contributed by atoms with Crippen molar-refractivity contribution in [2.75, 3.05) is 39.8 Å². The Morgan fingerprint density at radius 1 is 1.24 bits per heavy atom. The van der Waals surface area contributed by atoms with Crippen molar-refractivity contribution >= 4 is 17.0 Å². The lowest BCUT2D eigenvalue weighted by Gasteiger charge is -2.16. The van der Waals surface area contributed by atoms with E-state index in [1.54, 1.807) is 0 Å². The van der Waals surface area contributed by atoms with E-state index in [0.717, 1.165) is 63.0 Å². The molecule has 0 amide bonds. The topological polar surface area (TPSA) is 57.5 Å². The first-order chi connectivity index (χ1) is 12.2. The number of guanidine groups is 1. The van der Waals surface area contributed by atoms with Crippen LogP contribution in [0.1, 0.15) is 26.1 Å². The molecule has 0 spiro atoms. The molecule has 0 bridgehead atoms. The molecule has 0 radical (unpaired) electrons. The van der Waals surface area contributed by atoms with E-state index in [2.05, 4.69) is 76.1 Å². The molecule has 1 heterocycles. The highest BCUT2D eigenvalue weighted by atomic mass is 15.2. The van der Waals surface area contributed by atoms with Crippen molar-refractivity contribution in [1.29, 1.82) is 0 Å². The molecule has 0 unspecified atom stereocenters. The fourth-order valence-corrected chi connectivity index (χ4v) is 2.76. The predicted molar refractivity (Wildman–Crippen MR) is 106 cm³/mol. The number of fused-ring (bicyclic) bond motifs is 1. The van der Waals surface area contributed by atoms with E-state index < -0.39 is 0 Å². The lowest BCUT2D eigenvalue weighted by molar-refractivity contribution is 0.357. The second-order valence-electron chi connectivity index (χ2n) is 6.24. The maximum Gasteiger partial charge on any atom is 0.191 e. The van der Waals surface area contributed by atoms with Gasteiger partial charge in [-0.2, -0.15) is 0 Å². The minimum atomic E-state index is 0.797. The van der Waals surface area contributed by atoms with Gasteiger partial charge in [0.05, 0.1) is 11.0 Å². The molecule has 0 atom stereocenters. The van der Waals surface area contributed by atoms with Crippen LogP contribution < -0.4 is 10.6 Å². The Morgan fingerprint density at radius 3 is 2.80 bits per heavy atom. The Kier molecular flexibility index (Phi) is 7.73. The molecule has 2 N–H and O–H groups in total. The zero-order chi connectivity index (χ0) is 18.1. The summed E-state index contributed by atoms with van der Waals surface area (Å²) >= 11 is 0. The molecule has 0 aliphatic heterocycles. The van der Waals surface area contributed by atoms with Crippen LogP contribution in [0.4, 0.5) is 0 Å². The summed E-state index contributed by atoms with van der Waals surface area (Å²) in [5.41, 5.74) is 2.27. The van der Waals surface area contributed by atoms with Crippen LogP contribution in [-0.2, 0) is 6.54 Å². The highest BCUT2D eigenvalue weighted by Crippen LogP contribution is 2.15. The van der Waals surface area contributed by atoms with Gasteiger partial charge in [0.15, 0.2) is 5.96 Å². The molecule has 0 saturated heterocycles. The van der Waals surface area contributed by atoms with Crippen molar-refractivity contribution in [2.24, 2.45) is 4.99 Å². The highest BCUT2D eigenvalue weighted by molar-refractivity contribution is 5.79. The molecule has 0 saturated carbocycles. The Balaban J connectivity index is 1.85. The van der Waals surface area contributed by atoms with Crippen LogP contribution in [-0.4, -0.2) is 60.2 Å². The van der Waals surface area contributed by atoms with Crippen LogP contribution in [0.25, 0.3) is 11.0 Å². The third-order valence-electron chi connectivity index (χ3n) is 4.33. The molecular formula is C19H32N6. The predicted octanol–water partition coefficient (Wildman–Crippen LogP) is 2.24. The molecule has 0 fully saturated rings. The van der Waals surface area contributed by atoms with E-state index in [1.807, 2.05) is 6.07 Å². The zero-order valence-corrected chi connectivity index (χ0v) is 16.0. The molecule has 2 rings (SSSR count). The van der Waals surface area contributed by atoms with E-state index in [9.17, 15) is 0 Å². The summed E-state index contributed by atoms with van der Waals surface area (Å²) < 4.78 is 2.28. The number of hydrogen-bond acceptors (Lipinski definition) is 3. The van der Waals surface area contributed by atoms with Crippen molar-refractivity contribution in [3.05, 3.63) is 30.1 Å². The largest absolute Gasteiger partial charge is 0.357 e. The van der Waals surface area contributed by atoms with Gasteiger partial charge >= 0.3 is 0 Å². The Morgan fingerprint density at radius 2 is 2.04 bits per heavy atom. The second kappa shape index (κ2) is 10.0. The normalized spacial score (nSPS) is 12.1. The van der Waals surface area contributed by atoms with Gasteiger partial charge in [0.25, 0.3) is 0 Å². The summed E-state index contributed by atoms with van der Waals surface area (Å²) in [6.07, 6.45) is 0.993. The van der Waals surface area contributed by atoms with Gasteiger partial charge in [-0.25, -0.2) is 4.98 Å². The van der Waals surface area contributed by atoms with Crippen molar-refractivity contribution < 1.29 is 0 Å². The molecule has 1 aromatic heterocycles. The number of rotatable bonds is 9. The fourth-order valence-electron chi connectivity index (χ4n) is 2.76. The molecule has 2 aromatic rings. The van der Waals surface area contributed by atoms with Crippen molar-refractivity contribution in [3.63, 3.8) is 0 Å². The maximum atomic E-state index is 4.69. The third-order valence-corrected chi connectivity index (χ3v) is 4.33. The van der Waals surface area contributed by atoms with Gasteiger partial charge in [-0.3, -0.25) is 4.99 Å². The number of imidazole rings is 1. The smallest absolute Gasteiger partial charge is 0.191 e.